The standard InChI is InChI=1S/C51H92O5/c1-4-7-9-11-13-15-17-19-21-23-25-27-29-31-33-38-42-48(43-39-34-32-30-28-26-24-22-20-18-16-14-12-10-8-5-2)51(6-3,46-52)56-50(54)44-49(53)55-45-47-40-36-35-37-41-47/h35-37,40-41,48,52H,4-34,38-39,42-46H2,1-3H3. The number of aliphatic hydroxyl groups excluding tert-OH is 1. The normalized spacial score (nSPS) is 12.6. The molecule has 0 aromatic heterocycles. The molecule has 0 aliphatic rings. The van der Waals surface area contributed by atoms with Crippen LogP contribution in [-0.2, 0) is 25.7 Å². The maximum Gasteiger partial charge on any atom is 0.317 e. The Hall–Kier alpha value is -1.88. The number of esters is 2. The van der Waals surface area contributed by atoms with Crippen LogP contribution in [0.5, 0.6) is 0 Å². The van der Waals surface area contributed by atoms with Crippen LogP contribution in [-0.4, -0.2) is 29.3 Å². The molecule has 5 heteroatoms. The van der Waals surface area contributed by atoms with Gasteiger partial charge < -0.3 is 14.6 Å². The van der Waals surface area contributed by atoms with Crippen molar-refractivity contribution in [3.05, 3.63) is 35.9 Å². The van der Waals surface area contributed by atoms with Crippen molar-refractivity contribution in [1.82, 2.24) is 0 Å². The van der Waals surface area contributed by atoms with E-state index in [1.807, 2.05) is 37.3 Å². The van der Waals surface area contributed by atoms with Crippen LogP contribution < -0.4 is 0 Å². The summed E-state index contributed by atoms with van der Waals surface area (Å²) in [5, 5.41) is 10.8. The molecule has 0 spiro atoms. The Morgan fingerprint density at radius 3 is 1.16 bits per heavy atom. The first-order chi connectivity index (χ1) is 27.5. The third-order valence-electron chi connectivity index (χ3n) is 12.3. The topological polar surface area (TPSA) is 72.8 Å². The Bertz CT molecular complexity index is 953. The average molecular weight is 785 g/mol. The molecule has 0 bridgehead atoms. The van der Waals surface area contributed by atoms with E-state index in [0.717, 1.165) is 31.2 Å². The van der Waals surface area contributed by atoms with E-state index in [2.05, 4.69) is 13.8 Å². The van der Waals surface area contributed by atoms with Gasteiger partial charge in [-0.2, -0.15) is 0 Å². The van der Waals surface area contributed by atoms with Gasteiger partial charge in [0.05, 0.1) is 6.61 Å². The molecule has 56 heavy (non-hydrogen) atoms. The van der Waals surface area contributed by atoms with E-state index in [9.17, 15) is 14.7 Å². The van der Waals surface area contributed by atoms with Gasteiger partial charge in [-0.1, -0.05) is 257 Å². The van der Waals surface area contributed by atoms with Crippen LogP contribution in [0.1, 0.15) is 257 Å². The number of carbonyl (C=O) groups excluding carboxylic acids is 2. The average Bonchev–Trinajstić information content (AvgIpc) is 3.21. The molecule has 1 rings (SSSR count). The zero-order chi connectivity index (χ0) is 40.6. The summed E-state index contributed by atoms with van der Waals surface area (Å²) in [6.45, 7) is 6.50. The molecule has 0 saturated heterocycles. The van der Waals surface area contributed by atoms with Crippen molar-refractivity contribution in [2.75, 3.05) is 6.61 Å². The van der Waals surface area contributed by atoms with Gasteiger partial charge in [0.2, 0.25) is 0 Å². The van der Waals surface area contributed by atoms with E-state index in [0.29, 0.717) is 6.42 Å². The van der Waals surface area contributed by atoms with E-state index in [4.69, 9.17) is 9.47 Å². The van der Waals surface area contributed by atoms with E-state index < -0.39 is 24.0 Å². The Morgan fingerprint density at radius 2 is 0.839 bits per heavy atom. The Balaban J connectivity index is 2.45. The van der Waals surface area contributed by atoms with Crippen LogP contribution in [0.3, 0.4) is 0 Å². The molecule has 1 N–H and O–H groups in total. The largest absolute Gasteiger partial charge is 0.460 e. The lowest BCUT2D eigenvalue weighted by molar-refractivity contribution is -0.178. The summed E-state index contributed by atoms with van der Waals surface area (Å²) in [6, 6.07) is 9.49. The highest BCUT2D eigenvalue weighted by atomic mass is 16.6. The summed E-state index contributed by atoms with van der Waals surface area (Å²) in [4.78, 5) is 25.7. The number of unbranched alkanes of at least 4 members (excludes halogenated alkanes) is 30. The lowest BCUT2D eigenvalue weighted by Gasteiger charge is -2.38. The molecule has 0 radical (unpaired) electrons. The lowest BCUT2D eigenvalue weighted by atomic mass is 9.78. The zero-order valence-corrected chi connectivity index (χ0v) is 37.4. The van der Waals surface area contributed by atoms with Crippen LogP contribution in [0.25, 0.3) is 0 Å². The summed E-state index contributed by atoms with van der Waals surface area (Å²) >= 11 is 0. The molecule has 0 fully saturated rings. The number of benzene rings is 1. The minimum Gasteiger partial charge on any atom is -0.460 e. The minimum absolute atomic E-state index is 0.0834. The molecule has 5 nitrogen and oxygen atoms in total. The van der Waals surface area contributed by atoms with Crippen molar-refractivity contribution in [2.24, 2.45) is 5.92 Å². The van der Waals surface area contributed by atoms with Gasteiger partial charge in [0.1, 0.15) is 18.6 Å². The fourth-order valence-electron chi connectivity index (χ4n) is 8.44. The van der Waals surface area contributed by atoms with E-state index in [-0.39, 0.29) is 19.1 Å². The molecule has 0 amide bonds. The molecule has 0 aliphatic carbocycles. The zero-order valence-electron chi connectivity index (χ0n) is 37.4. The van der Waals surface area contributed by atoms with Crippen molar-refractivity contribution < 1.29 is 24.2 Å². The molecular weight excluding hydrogens is 693 g/mol. The smallest absolute Gasteiger partial charge is 0.317 e. The van der Waals surface area contributed by atoms with Crippen molar-refractivity contribution in [3.8, 4) is 0 Å². The van der Waals surface area contributed by atoms with Gasteiger partial charge in [-0.05, 0) is 24.8 Å². The third kappa shape index (κ3) is 29.4. The molecule has 0 heterocycles. The summed E-state index contributed by atoms with van der Waals surface area (Å²) in [7, 11) is 0. The van der Waals surface area contributed by atoms with Crippen LogP contribution >= 0.6 is 0 Å². The molecule has 0 aliphatic heterocycles. The first kappa shape index (κ1) is 52.1. The minimum atomic E-state index is -0.957. The second kappa shape index (κ2) is 38.6. The molecule has 1 aromatic rings. The van der Waals surface area contributed by atoms with Crippen molar-refractivity contribution in [2.45, 2.75) is 264 Å². The van der Waals surface area contributed by atoms with Gasteiger partial charge in [0, 0.05) is 5.92 Å². The first-order valence-electron chi connectivity index (χ1n) is 24.5. The van der Waals surface area contributed by atoms with Gasteiger partial charge in [-0.25, -0.2) is 0 Å². The van der Waals surface area contributed by atoms with Crippen molar-refractivity contribution in [1.29, 1.82) is 0 Å². The Morgan fingerprint density at radius 1 is 0.500 bits per heavy atom. The summed E-state index contributed by atoms with van der Waals surface area (Å²) in [6.07, 6.45) is 44.9. The fraction of sp³-hybridized carbons (Fsp3) is 0.843. The quantitative estimate of drug-likeness (QED) is 0.0406. The van der Waals surface area contributed by atoms with Gasteiger partial charge in [-0.15, -0.1) is 0 Å². The number of ether oxygens (including phenoxy) is 2. The molecule has 1 aromatic carbocycles. The second-order valence-electron chi connectivity index (χ2n) is 17.3. The highest BCUT2D eigenvalue weighted by molar-refractivity contribution is 5.91. The number of rotatable bonds is 42. The predicted octanol–water partition coefficient (Wildman–Crippen LogP) is 15.7. The van der Waals surface area contributed by atoms with Crippen LogP contribution in [0.2, 0.25) is 0 Å². The van der Waals surface area contributed by atoms with Gasteiger partial charge in [-0.3, -0.25) is 9.59 Å². The van der Waals surface area contributed by atoms with E-state index >= 15 is 0 Å². The molecular formula is C51H92O5. The first-order valence-corrected chi connectivity index (χ1v) is 24.5. The number of hydrogen-bond acceptors (Lipinski definition) is 5. The van der Waals surface area contributed by atoms with E-state index in [1.54, 1.807) is 0 Å². The molecule has 0 saturated carbocycles. The number of hydrogen-bond donors (Lipinski definition) is 1. The van der Waals surface area contributed by atoms with Gasteiger partial charge in [0.25, 0.3) is 0 Å². The maximum atomic E-state index is 13.1. The molecule has 1 unspecified atom stereocenters. The monoisotopic (exact) mass is 785 g/mol. The van der Waals surface area contributed by atoms with Crippen molar-refractivity contribution in [3.63, 3.8) is 0 Å². The Labute approximate surface area is 347 Å². The maximum absolute atomic E-state index is 13.1. The third-order valence-corrected chi connectivity index (χ3v) is 12.3. The second-order valence-corrected chi connectivity index (χ2v) is 17.3. The Kier molecular flexibility index (Phi) is 36.0. The van der Waals surface area contributed by atoms with Crippen molar-refractivity contribution >= 4 is 11.9 Å². The fourth-order valence-corrected chi connectivity index (χ4v) is 8.44. The molecule has 1 atom stereocenters. The number of carbonyl (C=O) groups is 2. The summed E-state index contributed by atoms with van der Waals surface area (Å²) in [5.41, 5.74) is -0.0768. The van der Waals surface area contributed by atoms with Gasteiger partial charge >= 0.3 is 11.9 Å². The summed E-state index contributed by atoms with van der Waals surface area (Å²) in [5.74, 6) is -1.10. The molecule has 326 valence electrons. The summed E-state index contributed by atoms with van der Waals surface area (Å²) < 4.78 is 11.5. The van der Waals surface area contributed by atoms with Crippen LogP contribution in [0.4, 0.5) is 0 Å². The van der Waals surface area contributed by atoms with Gasteiger partial charge in [0.15, 0.2) is 0 Å². The highest BCUT2D eigenvalue weighted by Crippen LogP contribution is 2.35. The SMILES string of the molecule is CCCCCCCCCCCCCCCCCCC(CCCCCCCCCCCCCCCCCC)C(CC)(CO)OC(=O)CC(=O)OCc1ccccc1. The highest BCUT2D eigenvalue weighted by Gasteiger charge is 2.40. The lowest BCUT2D eigenvalue weighted by Crippen LogP contribution is -2.46. The van der Waals surface area contributed by atoms with E-state index in [1.165, 1.54) is 193 Å². The number of aliphatic hydroxyl groups is 1. The van der Waals surface area contributed by atoms with Crippen LogP contribution in [0, 0.1) is 5.92 Å². The predicted molar refractivity (Wildman–Crippen MR) is 239 cm³/mol. The van der Waals surface area contributed by atoms with Crippen LogP contribution in [0.15, 0.2) is 30.3 Å².